The van der Waals surface area contributed by atoms with Gasteiger partial charge in [-0.1, -0.05) is 13.8 Å². The Kier molecular flexibility index (Phi) is 5.40. The van der Waals surface area contributed by atoms with Gasteiger partial charge in [-0.05, 0) is 39.2 Å². The van der Waals surface area contributed by atoms with Crippen LogP contribution in [0.1, 0.15) is 40.0 Å². The minimum absolute atomic E-state index is 0.205. The van der Waals surface area contributed by atoms with Gasteiger partial charge in [0.05, 0.1) is 6.04 Å². The van der Waals surface area contributed by atoms with Crippen LogP contribution in [0.25, 0.3) is 0 Å². The second kappa shape index (κ2) is 6.36. The van der Waals surface area contributed by atoms with E-state index in [2.05, 4.69) is 24.2 Å². The summed E-state index contributed by atoms with van der Waals surface area (Å²) in [6, 6.07) is 0.713. The normalized spacial score (nSPS) is 19.6. The Labute approximate surface area is 105 Å². The number of carbonyl (C=O) groups excluding carboxylic acids is 1. The van der Waals surface area contributed by atoms with Gasteiger partial charge in [0.25, 0.3) is 0 Å². The van der Waals surface area contributed by atoms with Gasteiger partial charge in [0.15, 0.2) is 0 Å². The van der Waals surface area contributed by atoms with Crippen molar-refractivity contribution in [3.63, 3.8) is 0 Å². The largest absolute Gasteiger partial charge is 0.368 e. The molecule has 4 nitrogen and oxygen atoms in total. The van der Waals surface area contributed by atoms with Crippen LogP contribution in [0.4, 0.5) is 0 Å². The molecule has 1 saturated carbocycles. The zero-order chi connectivity index (χ0) is 13.0. The van der Waals surface area contributed by atoms with Crippen LogP contribution in [0.2, 0.25) is 0 Å². The van der Waals surface area contributed by atoms with E-state index < -0.39 is 0 Å². The van der Waals surface area contributed by atoms with E-state index in [9.17, 15) is 4.79 Å². The molecule has 0 radical (unpaired) electrons. The van der Waals surface area contributed by atoms with Crippen molar-refractivity contribution in [1.29, 1.82) is 0 Å². The Bertz CT molecular complexity index is 251. The van der Waals surface area contributed by atoms with Gasteiger partial charge in [0.1, 0.15) is 0 Å². The summed E-state index contributed by atoms with van der Waals surface area (Å²) >= 11 is 0. The third-order valence-corrected chi connectivity index (χ3v) is 3.65. The highest BCUT2D eigenvalue weighted by Crippen LogP contribution is 2.34. The van der Waals surface area contributed by atoms with Gasteiger partial charge in [0, 0.05) is 18.6 Å². The van der Waals surface area contributed by atoms with E-state index in [-0.39, 0.29) is 11.9 Å². The third-order valence-electron chi connectivity index (χ3n) is 3.65. The van der Waals surface area contributed by atoms with Crippen LogP contribution in [-0.2, 0) is 4.79 Å². The number of hydrogen-bond acceptors (Lipinski definition) is 3. The van der Waals surface area contributed by atoms with Crippen molar-refractivity contribution in [2.24, 2.45) is 11.7 Å². The fourth-order valence-corrected chi connectivity index (χ4v) is 2.18. The molecule has 0 bridgehead atoms. The number of nitrogens with one attached hydrogen (secondary N) is 1. The number of primary amides is 1. The molecule has 0 aromatic rings. The summed E-state index contributed by atoms with van der Waals surface area (Å²) in [4.78, 5) is 13.6. The molecule has 1 aliphatic rings. The van der Waals surface area contributed by atoms with Gasteiger partial charge in [-0.3, -0.25) is 4.79 Å². The summed E-state index contributed by atoms with van der Waals surface area (Å²) in [5, 5.41) is 3.22. The van der Waals surface area contributed by atoms with Crippen LogP contribution >= 0.6 is 0 Å². The van der Waals surface area contributed by atoms with Crippen molar-refractivity contribution >= 4 is 5.91 Å². The van der Waals surface area contributed by atoms with Crippen molar-refractivity contribution in [2.45, 2.75) is 58.2 Å². The first-order chi connectivity index (χ1) is 7.91. The zero-order valence-electron chi connectivity index (χ0n) is 11.6. The van der Waals surface area contributed by atoms with Gasteiger partial charge < -0.3 is 16.0 Å². The second-order valence-electron chi connectivity index (χ2n) is 5.62. The number of rotatable bonds is 8. The van der Waals surface area contributed by atoms with E-state index in [1.165, 1.54) is 12.8 Å². The Balaban J connectivity index is 2.32. The molecule has 0 aromatic carbocycles. The second-order valence-corrected chi connectivity index (χ2v) is 5.62. The topological polar surface area (TPSA) is 58.4 Å². The average molecular weight is 241 g/mol. The predicted molar refractivity (Wildman–Crippen MR) is 70.7 cm³/mol. The molecule has 1 rings (SSSR count). The lowest BCUT2D eigenvalue weighted by Gasteiger charge is -2.27. The maximum Gasteiger partial charge on any atom is 0.234 e. The third kappa shape index (κ3) is 5.04. The number of amides is 1. The summed E-state index contributed by atoms with van der Waals surface area (Å²) in [7, 11) is 2.14. The summed E-state index contributed by atoms with van der Waals surface area (Å²) in [5.41, 5.74) is 5.40. The first-order valence-electron chi connectivity index (χ1n) is 6.67. The van der Waals surface area contributed by atoms with E-state index >= 15 is 0 Å². The highest BCUT2D eigenvalue weighted by Gasteiger charge is 2.30. The van der Waals surface area contributed by atoms with Crippen LogP contribution in [0.5, 0.6) is 0 Å². The molecule has 1 fully saturated rings. The monoisotopic (exact) mass is 241 g/mol. The average Bonchev–Trinajstić information content (AvgIpc) is 3.05. The lowest BCUT2D eigenvalue weighted by Crippen LogP contribution is -2.46. The smallest absolute Gasteiger partial charge is 0.234 e. The summed E-state index contributed by atoms with van der Waals surface area (Å²) in [5.74, 6) is 0.622. The summed E-state index contributed by atoms with van der Waals surface area (Å²) in [6.07, 6.45) is 3.51. The van der Waals surface area contributed by atoms with E-state index in [4.69, 9.17) is 5.73 Å². The molecule has 4 heteroatoms. The lowest BCUT2D eigenvalue weighted by molar-refractivity contribution is -0.120. The minimum atomic E-state index is -0.244. The minimum Gasteiger partial charge on any atom is -0.368 e. The van der Waals surface area contributed by atoms with Crippen molar-refractivity contribution in [2.75, 3.05) is 13.6 Å². The fraction of sp³-hybridized carbons (Fsp3) is 0.923. The highest BCUT2D eigenvalue weighted by molar-refractivity contribution is 5.79. The quantitative estimate of drug-likeness (QED) is 0.665. The molecule has 100 valence electrons. The molecule has 3 N–H and O–H groups in total. The van der Waals surface area contributed by atoms with Gasteiger partial charge in [-0.25, -0.2) is 0 Å². The first kappa shape index (κ1) is 14.5. The van der Waals surface area contributed by atoms with Crippen LogP contribution in [0.3, 0.4) is 0 Å². The molecule has 2 unspecified atom stereocenters. The van der Waals surface area contributed by atoms with E-state index in [0.717, 1.165) is 18.9 Å². The van der Waals surface area contributed by atoms with Crippen LogP contribution < -0.4 is 11.1 Å². The van der Waals surface area contributed by atoms with E-state index in [0.29, 0.717) is 12.1 Å². The molecular weight excluding hydrogens is 214 g/mol. The Morgan fingerprint density at radius 3 is 2.41 bits per heavy atom. The number of nitrogens with two attached hydrogens (primary N) is 1. The van der Waals surface area contributed by atoms with Crippen molar-refractivity contribution in [3.8, 4) is 0 Å². The molecular formula is C13H27N3O. The molecule has 0 aliphatic heterocycles. The van der Waals surface area contributed by atoms with Gasteiger partial charge in [-0.2, -0.15) is 0 Å². The van der Waals surface area contributed by atoms with Gasteiger partial charge >= 0.3 is 0 Å². The number of carbonyl (C=O) groups is 1. The molecule has 0 heterocycles. The molecule has 1 aliphatic carbocycles. The van der Waals surface area contributed by atoms with E-state index in [1.54, 1.807) is 0 Å². The zero-order valence-corrected chi connectivity index (χ0v) is 11.6. The Morgan fingerprint density at radius 1 is 1.41 bits per heavy atom. The van der Waals surface area contributed by atoms with Crippen LogP contribution in [0.15, 0.2) is 0 Å². The lowest BCUT2D eigenvalue weighted by atomic mass is 10.1. The SMILES string of the molecule is CC(C)NC(CCN(C)C(C)C1CC1)C(N)=O. The first-order valence-corrected chi connectivity index (χ1v) is 6.67. The molecule has 17 heavy (non-hydrogen) atoms. The Hall–Kier alpha value is -0.610. The van der Waals surface area contributed by atoms with Crippen LogP contribution in [0, 0.1) is 5.92 Å². The van der Waals surface area contributed by atoms with Crippen molar-refractivity contribution in [3.05, 3.63) is 0 Å². The maximum atomic E-state index is 11.3. The van der Waals surface area contributed by atoms with Gasteiger partial charge in [-0.15, -0.1) is 0 Å². The highest BCUT2D eigenvalue weighted by atomic mass is 16.1. The molecule has 0 spiro atoms. The predicted octanol–water partition coefficient (Wildman–Crippen LogP) is 0.959. The Morgan fingerprint density at radius 2 is 2.00 bits per heavy atom. The number of nitrogens with zero attached hydrogens (tertiary/aromatic N) is 1. The number of hydrogen-bond donors (Lipinski definition) is 2. The summed E-state index contributed by atoms with van der Waals surface area (Å²) < 4.78 is 0. The van der Waals surface area contributed by atoms with Crippen molar-refractivity contribution in [1.82, 2.24) is 10.2 Å². The standard InChI is InChI=1S/C13H27N3O/c1-9(2)15-12(13(14)17)7-8-16(4)10(3)11-5-6-11/h9-12,15H,5-8H2,1-4H3,(H2,14,17). The molecule has 0 aromatic heterocycles. The molecule has 2 atom stereocenters. The van der Waals surface area contributed by atoms with Crippen LogP contribution in [-0.4, -0.2) is 42.5 Å². The maximum absolute atomic E-state index is 11.3. The van der Waals surface area contributed by atoms with Gasteiger partial charge in [0.2, 0.25) is 5.91 Å². The van der Waals surface area contributed by atoms with Crippen molar-refractivity contribution < 1.29 is 4.79 Å². The summed E-state index contributed by atoms with van der Waals surface area (Å²) in [6.45, 7) is 7.26. The fourth-order valence-electron chi connectivity index (χ4n) is 2.18. The molecule has 0 saturated heterocycles. The van der Waals surface area contributed by atoms with E-state index in [1.807, 2.05) is 13.8 Å². The molecule has 1 amide bonds.